The SMILES string of the molecule is CCN(CC)CCOc1cc(CNC)cc(C)n1. The average Bonchev–Trinajstić information content (AvgIpc) is 2.34. The van der Waals surface area contributed by atoms with Crippen LogP contribution in [0.25, 0.3) is 0 Å². The summed E-state index contributed by atoms with van der Waals surface area (Å²) in [6.07, 6.45) is 0. The second kappa shape index (κ2) is 8.06. The third kappa shape index (κ3) is 5.02. The van der Waals surface area contributed by atoms with Gasteiger partial charge in [-0.15, -0.1) is 0 Å². The summed E-state index contributed by atoms with van der Waals surface area (Å²) in [6, 6.07) is 4.08. The Balaban J connectivity index is 2.51. The zero-order valence-corrected chi connectivity index (χ0v) is 12.0. The lowest BCUT2D eigenvalue weighted by Crippen LogP contribution is -2.28. The van der Waals surface area contributed by atoms with E-state index >= 15 is 0 Å². The van der Waals surface area contributed by atoms with Crippen molar-refractivity contribution in [2.45, 2.75) is 27.3 Å². The van der Waals surface area contributed by atoms with Crippen LogP contribution in [0, 0.1) is 6.92 Å². The Kier molecular flexibility index (Phi) is 6.68. The molecule has 0 spiro atoms. The van der Waals surface area contributed by atoms with Gasteiger partial charge in [0.1, 0.15) is 6.61 Å². The molecule has 1 rings (SSSR count). The van der Waals surface area contributed by atoms with Crippen LogP contribution in [0.5, 0.6) is 5.88 Å². The summed E-state index contributed by atoms with van der Waals surface area (Å²) in [5.41, 5.74) is 2.21. The molecule has 0 atom stereocenters. The Morgan fingerprint density at radius 3 is 2.61 bits per heavy atom. The Morgan fingerprint density at radius 1 is 1.28 bits per heavy atom. The molecule has 1 N–H and O–H groups in total. The first-order valence-corrected chi connectivity index (χ1v) is 6.66. The maximum Gasteiger partial charge on any atom is 0.213 e. The topological polar surface area (TPSA) is 37.4 Å². The van der Waals surface area contributed by atoms with E-state index in [1.54, 1.807) is 0 Å². The van der Waals surface area contributed by atoms with Crippen LogP contribution in [0.1, 0.15) is 25.1 Å². The maximum absolute atomic E-state index is 5.73. The van der Waals surface area contributed by atoms with Crippen molar-refractivity contribution in [3.63, 3.8) is 0 Å². The zero-order chi connectivity index (χ0) is 13.4. The minimum Gasteiger partial charge on any atom is -0.476 e. The van der Waals surface area contributed by atoms with Crippen LogP contribution in [-0.2, 0) is 6.54 Å². The van der Waals surface area contributed by atoms with Crippen molar-refractivity contribution in [3.8, 4) is 5.88 Å². The average molecular weight is 251 g/mol. The van der Waals surface area contributed by atoms with Gasteiger partial charge >= 0.3 is 0 Å². The molecule has 0 aliphatic rings. The lowest BCUT2D eigenvalue weighted by molar-refractivity contribution is 0.217. The molecule has 4 nitrogen and oxygen atoms in total. The Labute approximate surface area is 110 Å². The molecule has 0 fully saturated rings. The number of hydrogen-bond acceptors (Lipinski definition) is 4. The highest BCUT2D eigenvalue weighted by atomic mass is 16.5. The highest BCUT2D eigenvalue weighted by Gasteiger charge is 2.03. The Morgan fingerprint density at radius 2 is 2.00 bits per heavy atom. The van der Waals surface area contributed by atoms with E-state index < -0.39 is 0 Å². The number of hydrogen-bond donors (Lipinski definition) is 1. The number of nitrogens with zero attached hydrogens (tertiary/aromatic N) is 2. The minimum atomic E-state index is 0.692. The van der Waals surface area contributed by atoms with Gasteiger partial charge in [0.25, 0.3) is 0 Å². The molecule has 102 valence electrons. The number of nitrogens with one attached hydrogen (secondary N) is 1. The van der Waals surface area contributed by atoms with E-state index in [0.717, 1.165) is 37.8 Å². The Hall–Kier alpha value is -1.13. The predicted octanol–water partition coefficient (Wildman–Crippen LogP) is 1.83. The lowest BCUT2D eigenvalue weighted by Gasteiger charge is -2.18. The number of aryl methyl sites for hydroxylation is 1. The van der Waals surface area contributed by atoms with Gasteiger partial charge in [-0.1, -0.05) is 13.8 Å². The first kappa shape index (κ1) is 14.9. The highest BCUT2D eigenvalue weighted by molar-refractivity contribution is 5.24. The molecule has 18 heavy (non-hydrogen) atoms. The van der Waals surface area contributed by atoms with Gasteiger partial charge in [-0.05, 0) is 38.7 Å². The van der Waals surface area contributed by atoms with E-state index in [9.17, 15) is 0 Å². The molecule has 0 amide bonds. The van der Waals surface area contributed by atoms with Crippen LogP contribution in [0.2, 0.25) is 0 Å². The molecular formula is C14H25N3O. The monoisotopic (exact) mass is 251 g/mol. The van der Waals surface area contributed by atoms with Gasteiger partial charge in [0.15, 0.2) is 0 Å². The molecule has 1 heterocycles. The molecular weight excluding hydrogens is 226 g/mol. The Bertz CT molecular complexity index is 351. The van der Waals surface area contributed by atoms with Crippen LogP contribution in [-0.4, -0.2) is 43.2 Å². The van der Waals surface area contributed by atoms with Crippen molar-refractivity contribution >= 4 is 0 Å². The van der Waals surface area contributed by atoms with E-state index in [-0.39, 0.29) is 0 Å². The van der Waals surface area contributed by atoms with Crippen LogP contribution < -0.4 is 10.1 Å². The van der Waals surface area contributed by atoms with E-state index in [1.807, 2.05) is 20.0 Å². The molecule has 0 aliphatic carbocycles. The van der Waals surface area contributed by atoms with Crippen molar-refractivity contribution in [2.75, 3.05) is 33.3 Å². The summed E-state index contributed by atoms with van der Waals surface area (Å²) < 4.78 is 5.73. The molecule has 1 aromatic rings. The van der Waals surface area contributed by atoms with Crippen LogP contribution in [0.3, 0.4) is 0 Å². The molecule has 0 saturated carbocycles. The number of likely N-dealkylation sites (N-methyl/N-ethyl adjacent to an activating group) is 1. The third-order valence-electron chi connectivity index (χ3n) is 2.92. The van der Waals surface area contributed by atoms with E-state index in [1.165, 1.54) is 5.56 Å². The van der Waals surface area contributed by atoms with Crippen LogP contribution in [0.4, 0.5) is 0 Å². The van der Waals surface area contributed by atoms with Gasteiger partial charge in [0.05, 0.1) is 0 Å². The standard InChI is InChI=1S/C14H25N3O/c1-5-17(6-2)7-8-18-14-10-13(11-15-4)9-12(3)16-14/h9-10,15H,5-8,11H2,1-4H3. The molecule has 0 unspecified atom stereocenters. The van der Waals surface area contributed by atoms with Crippen LogP contribution >= 0.6 is 0 Å². The van der Waals surface area contributed by atoms with E-state index in [4.69, 9.17) is 4.74 Å². The molecule has 0 aromatic carbocycles. The van der Waals surface area contributed by atoms with Crippen molar-refractivity contribution < 1.29 is 4.74 Å². The fourth-order valence-electron chi connectivity index (χ4n) is 1.91. The molecule has 0 aliphatic heterocycles. The van der Waals surface area contributed by atoms with Crippen molar-refractivity contribution in [1.82, 2.24) is 15.2 Å². The van der Waals surface area contributed by atoms with Crippen molar-refractivity contribution in [1.29, 1.82) is 0 Å². The fourth-order valence-corrected chi connectivity index (χ4v) is 1.91. The smallest absolute Gasteiger partial charge is 0.213 e. The second-order valence-corrected chi connectivity index (χ2v) is 4.36. The van der Waals surface area contributed by atoms with Gasteiger partial charge in [0, 0.05) is 24.8 Å². The third-order valence-corrected chi connectivity index (χ3v) is 2.92. The lowest BCUT2D eigenvalue weighted by atomic mass is 10.2. The molecule has 1 aromatic heterocycles. The number of ether oxygens (including phenoxy) is 1. The zero-order valence-electron chi connectivity index (χ0n) is 12.0. The van der Waals surface area contributed by atoms with E-state index in [2.05, 4.69) is 35.1 Å². The predicted molar refractivity (Wildman–Crippen MR) is 75.0 cm³/mol. The largest absolute Gasteiger partial charge is 0.476 e. The van der Waals surface area contributed by atoms with Gasteiger partial charge in [0.2, 0.25) is 5.88 Å². The first-order valence-electron chi connectivity index (χ1n) is 6.66. The number of aromatic nitrogens is 1. The summed E-state index contributed by atoms with van der Waals surface area (Å²) in [5.74, 6) is 0.729. The van der Waals surface area contributed by atoms with Gasteiger partial charge < -0.3 is 15.0 Å². The van der Waals surface area contributed by atoms with Crippen molar-refractivity contribution in [2.24, 2.45) is 0 Å². The molecule has 0 saturated heterocycles. The summed E-state index contributed by atoms with van der Waals surface area (Å²) in [4.78, 5) is 6.73. The van der Waals surface area contributed by atoms with Gasteiger partial charge in [-0.2, -0.15) is 0 Å². The normalized spacial score (nSPS) is 10.9. The fraction of sp³-hybridized carbons (Fsp3) is 0.643. The summed E-state index contributed by atoms with van der Waals surface area (Å²) in [6.45, 7) is 10.9. The summed E-state index contributed by atoms with van der Waals surface area (Å²) in [7, 11) is 1.94. The second-order valence-electron chi connectivity index (χ2n) is 4.36. The molecule has 4 heteroatoms. The van der Waals surface area contributed by atoms with Gasteiger partial charge in [-0.25, -0.2) is 4.98 Å². The molecule has 0 radical (unpaired) electrons. The molecule has 0 bridgehead atoms. The summed E-state index contributed by atoms with van der Waals surface area (Å²) in [5, 5.41) is 3.14. The van der Waals surface area contributed by atoms with Crippen LogP contribution in [0.15, 0.2) is 12.1 Å². The number of rotatable bonds is 8. The highest BCUT2D eigenvalue weighted by Crippen LogP contribution is 2.12. The summed E-state index contributed by atoms with van der Waals surface area (Å²) >= 11 is 0. The van der Waals surface area contributed by atoms with Crippen molar-refractivity contribution in [3.05, 3.63) is 23.4 Å². The minimum absolute atomic E-state index is 0.692. The first-order chi connectivity index (χ1) is 8.69. The van der Waals surface area contributed by atoms with E-state index in [0.29, 0.717) is 6.61 Å². The quantitative estimate of drug-likeness (QED) is 0.765. The number of pyridine rings is 1. The van der Waals surface area contributed by atoms with Gasteiger partial charge in [-0.3, -0.25) is 0 Å². The maximum atomic E-state index is 5.73.